The third-order valence-corrected chi connectivity index (χ3v) is 4.34. The first-order valence-electron chi connectivity index (χ1n) is 7.74. The molecule has 2 N–H and O–H groups in total. The molecule has 0 radical (unpaired) electrons. The summed E-state index contributed by atoms with van der Waals surface area (Å²) < 4.78 is 5.06. The largest absolute Gasteiger partial charge is 0.495 e. The van der Waals surface area contributed by atoms with Crippen LogP contribution in [0, 0.1) is 13.8 Å². The Morgan fingerprint density at radius 3 is 2.36 bits per heavy atom. The third kappa shape index (κ3) is 4.51. The van der Waals surface area contributed by atoms with Crippen LogP contribution in [0.2, 0.25) is 5.02 Å². The SMILES string of the molecule is COc1ccc(C(NC(=O)Cc2c(C)cccc2C)C(=O)O)cc1Cl. The first-order chi connectivity index (χ1) is 11.8. The van der Waals surface area contributed by atoms with E-state index in [2.05, 4.69) is 5.32 Å². The van der Waals surface area contributed by atoms with Crippen LogP contribution >= 0.6 is 11.6 Å². The molecule has 0 aliphatic carbocycles. The number of hydrogen-bond acceptors (Lipinski definition) is 3. The maximum absolute atomic E-state index is 12.4. The number of amides is 1. The van der Waals surface area contributed by atoms with Crippen molar-refractivity contribution in [1.82, 2.24) is 5.32 Å². The molecule has 0 heterocycles. The molecule has 0 saturated carbocycles. The van der Waals surface area contributed by atoms with Crippen molar-refractivity contribution < 1.29 is 19.4 Å². The highest BCUT2D eigenvalue weighted by molar-refractivity contribution is 6.32. The van der Waals surface area contributed by atoms with Gasteiger partial charge in [0.05, 0.1) is 18.6 Å². The van der Waals surface area contributed by atoms with Gasteiger partial charge in [-0.15, -0.1) is 0 Å². The van der Waals surface area contributed by atoms with Crippen LogP contribution in [-0.4, -0.2) is 24.1 Å². The quantitative estimate of drug-likeness (QED) is 0.826. The Kier molecular flexibility index (Phi) is 6.04. The maximum atomic E-state index is 12.4. The Hall–Kier alpha value is -2.53. The van der Waals surface area contributed by atoms with Crippen LogP contribution in [0.1, 0.15) is 28.3 Å². The van der Waals surface area contributed by atoms with E-state index >= 15 is 0 Å². The van der Waals surface area contributed by atoms with E-state index in [1.807, 2.05) is 32.0 Å². The molecule has 2 aromatic carbocycles. The fraction of sp³-hybridized carbons (Fsp3) is 0.263. The fourth-order valence-electron chi connectivity index (χ4n) is 2.65. The second kappa shape index (κ2) is 8.03. The molecule has 1 unspecified atom stereocenters. The molecule has 2 aromatic rings. The van der Waals surface area contributed by atoms with Crippen molar-refractivity contribution in [2.75, 3.05) is 7.11 Å². The van der Waals surface area contributed by atoms with Crippen molar-refractivity contribution in [3.8, 4) is 5.75 Å². The molecule has 0 aromatic heterocycles. The minimum Gasteiger partial charge on any atom is -0.495 e. The lowest BCUT2D eigenvalue weighted by Crippen LogP contribution is -2.35. The van der Waals surface area contributed by atoms with Gasteiger partial charge in [-0.25, -0.2) is 4.79 Å². The second-order valence-corrected chi connectivity index (χ2v) is 6.19. The minimum absolute atomic E-state index is 0.117. The summed E-state index contributed by atoms with van der Waals surface area (Å²) in [6.45, 7) is 3.85. The van der Waals surface area contributed by atoms with Gasteiger partial charge in [-0.1, -0.05) is 35.9 Å². The molecule has 5 nitrogen and oxygen atoms in total. The van der Waals surface area contributed by atoms with Crippen molar-refractivity contribution >= 4 is 23.5 Å². The van der Waals surface area contributed by atoms with Crippen LogP contribution in [-0.2, 0) is 16.0 Å². The van der Waals surface area contributed by atoms with Crippen molar-refractivity contribution in [3.05, 3.63) is 63.7 Å². The smallest absolute Gasteiger partial charge is 0.330 e. The minimum atomic E-state index is -1.18. The summed E-state index contributed by atoms with van der Waals surface area (Å²) in [6.07, 6.45) is 0.117. The van der Waals surface area contributed by atoms with Gasteiger partial charge in [-0.05, 0) is 48.2 Å². The van der Waals surface area contributed by atoms with Crippen LogP contribution in [0.4, 0.5) is 0 Å². The number of carboxylic acid groups (broad SMARTS) is 1. The van der Waals surface area contributed by atoms with Gasteiger partial charge in [0.15, 0.2) is 6.04 Å². The lowest BCUT2D eigenvalue weighted by Gasteiger charge is -2.17. The lowest BCUT2D eigenvalue weighted by molar-refractivity contribution is -0.141. The number of halogens is 1. The average Bonchev–Trinajstić information content (AvgIpc) is 2.56. The van der Waals surface area contributed by atoms with Crippen molar-refractivity contribution in [1.29, 1.82) is 0 Å². The van der Waals surface area contributed by atoms with Crippen LogP contribution in [0.15, 0.2) is 36.4 Å². The highest BCUT2D eigenvalue weighted by atomic mass is 35.5. The van der Waals surface area contributed by atoms with Gasteiger partial charge in [0, 0.05) is 0 Å². The molecular formula is C19H20ClNO4. The highest BCUT2D eigenvalue weighted by Crippen LogP contribution is 2.28. The summed E-state index contributed by atoms with van der Waals surface area (Å²) in [5.41, 5.74) is 3.27. The zero-order chi connectivity index (χ0) is 18.6. The zero-order valence-corrected chi connectivity index (χ0v) is 15.1. The van der Waals surface area contributed by atoms with Crippen LogP contribution < -0.4 is 10.1 Å². The number of benzene rings is 2. The van der Waals surface area contributed by atoms with Crippen molar-refractivity contribution in [2.24, 2.45) is 0 Å². The Balaban J connectivity index is 2.20. The predicted octanol–water partition coefficient (Wildman–Crippen LogP) is 3.45. The summed E-state index contributed by atoms with van der Waals surface area (Å²) >= 11 is 6.06. The van der Waals surface area contributed by atoms with E-state index in [-0.39, 0.29) is 17.4 Å². The summed E-state index contributed by atoms with van der Waals surface area (Å²) in [6, 6.07) is 9.22. The Morgan fingerprint density at radius 2 is 1.84 bits per heavy atom. The first-order valence-corrected chi connectivity index (χ1v) is 8.12. The number of hydrogen-bond donors (Lipinski definition) is 2. The van der Waals surface area contributed by atoms with E-state index in [1.54, 1.807) is 12.1 Å². The Bertz CT molecular complexity index is 784. The van der Waals surface area contributed by atoms with Crippen LogP contribution in [0.25, 0.3) is 0 Å². The molecule has 0 saturated heterocycles. The van der Waals surface area contributed by atoms with E-state index in [1.165, 1.54) is 13.2 Å². The molecule has 0 spiro atoms. The summed E-state index contributed by atoms with van der Waals surface area (Å²) in [5.74, 6) is -1.08. The monoisotopic (exact) mass is 361 g/mol. The summed E-state index contributed by atoms with van der Waals surface area (Å²) in [7, 11) is 1.47. The number of carbonyl (C=O) groups is 2. The molecule has 0 aliphatic heterocycles. The van der Waals surface area contributed by atoms with Gasteiger partial charge in [-0.3, -0.25) is 4.79 Å². The number of aryl methyl sites for hydroxylation is 2. The second-order valence-electron chi connectivity index (χ2n) is 5.78. The zero-order valence-electron chi connectivity index (χ0n) is 14.3. The molecular weight excluding hydrogens is 342 g/mol. The molecule has 0 aliphatic rings. The number of carboxylic acids is 1. The number of aliphatic carboxylic acids is 1. The number of rotatable bonds is 6. The molecule has 1 amide bonds. The Labute approximate surface area is 151 Å². The topological polar surface area (TPSA) is 75.6 Å². The van der Waals surface area contributed by atoms with E-state index < -0.39 is 12.0 Å². The fourth-order valence-corrected chi connectivity index (χ4v) is 2.92. The van der Waals surface area contributed by atoms with E-state index in [4.69, 9.17) is 16.3 Å². The van der Waals surface area contributed by atoms with Gasteiger partial charge in [0.2, 0.25) is 5.91 Å². The number of carbonyl (C=O) groups excluding carboxylic acids is 1. The van der Waals surface area contributed by atoms with Crippen LogP contribution in [0.5, 0.6) is 5.75 Å². The molecule has 0 bridgehead atoms. The standard InChI is InChI=1S/C19H20ClNO4/c1-11-5-4-6-12(2)14(11)10-17(22)21-18(19(23)24)13-7-8-16(25-3)15(20)9-13/h4-9,18H,10H2,1-3H3,(H,21,22)(H,23,24). The highest BCUT2D eigenvalue weighted by Gasteiger charge is 2.23. The molecule has 25 heavy (non-hydrogen) atoms. The summed E-state index contributed by atoms with van der Waals surface area (Å²) in [5, 5.41) is 12.3. The normalized spacial score (nSPS) is 11.7. The third-order valence-electron chi connectivity index (χ3n) is 4.04. The number of methoxy groups -OCH3 is 1. The van der Waals surface area contributed by atoms with Gasteiger partial charge >= 0.3 is 5.97 Å². The van der Waals surface area contributed by atoms with Gasteiger partial charge in [-0.2, -0.15) is 0 Å². The van der Waals surface area contributed by atoms with E-state index in [0.717, 1.165) is 16.7 Å². The van der Waals surface area contributed by atoms with E-state index in [9.17, 15) is 14.7 Å². The van der Waals surface area contributed by atoms with Crippen LogP contribution in [0.3, 0.4) is 0 Å². The summed E-state index contributed by atoms with van der Waals surface area (Å²) in [4.78, 5) is 24.0. The maximum Gasteiger partial charge on any atom is 0.330 e. The molecule has 132 valence electrons. The first kappa shape index (κ1) is 18.8. The van der Waals surface area contributed by atoms with E-state index in [0.29, 0.717) is 11.3 Å². The molecule has 0 fully saturated rings. The van der Waals surface area contributed by atoms with Gasteiger partial charge in [0.25, 0.3) is 0 Å². The van der Waals surface area contributed by atoms with Crippen molar-refractivity contribution in [3.63, 3.8) is 0 Å². The molecule has 1 atom stereocenters. The number of nitrogens with one attached hydrogen (secondary N) is 1. The average molecular weight is 362 g/mol. The molecule has 2 rings (SSSR count). The molecule has 6 heteroatoms. The lowest BCUT2D eigenvalue weighted by atomic mass is 9.99. The Morgan fingerprint density at radius 1 is 1.20 bits per heavy atom. The van der Waals surface area contributed by atoms with Gasteiger partial charge < -0.3 is 15.2 Å². The number of ether oxygens (including phenoxy) is 1. The van der Waals surface area contributed by atoms with Gasteiger partial charge in [0.1, 0.15) is 5.75 Å². The predicted molar refractivity (Wildman–Crippen MR) is 96.1 cm³/mol. The van der Waals surface area contributed by atoms with Crippen molar-refractivity contribution in [2.45, 2.75) is 26.3 Å².